The molecule has 4 fully saturated rings. The zero-order chi connectivity index (χ0) is 27.3. The Morgan fingerprint density at radius 3 is 2.24 bits per heavy atom. The molecule has 3 aliphatic heterocycles. The Kier molecular flexibility index (Phi) is 7.21. The second-order valence-electron chi connectivity index (χ2n) is 11.6. The Hall–Kier alpha value is -2.27. The third-order valence-electron chi connectivity index (χ3n) is 9.12. The SMILES string of the molecule is CN(C1CCC(F)(F)CC1)[C@H]1C[C@H]2C(=O)NC3(CCN(Cc4ccc(C(F)(F)F)cc4)CC3)CC(=O)N2C1. The van der Waals surface area contributed by atoms with E-state index in [1.54, 1.807) is 4.90 Å². The monoisotopic (exact) mass is 542 g/mol. The summed E-state index contributed by atoms with van der Waals surface area (Å²) in [4.78, 5) is 32.6. The molecule has 0 aromatic heterocycles. The normalized spacial score (nSPS) is 28.4. The third kappa shape index (κ3) is 5.68. The number of amides is 2. The average molecular weight is 543 g/mol. The van der Waals surface area contributed by atoms with Gasteiger partial charge in [-0.15, -0.1) is 0 Å². The summed E-state index contributed by atoms with van der Waals surface area (Å²) in [5.74, 6) is -2.81. The van der Waals surface area contributed by atoms with Gasteiger partial charge < -0.3 is 10.2 Å². The summed E-state index contributed by atoms with van der Waals surface area (Å²) < 4.78 is 65.7. The fraction of sp³-hybridized carbons (Fsp3) is 0.704. The Labute approximate surface area is 219 Å². The van der Waals surface area contributed by atoms with E-state index in [2.05, 4.69) is 15.1 Å². The lowest BCUT2D eigenvalue weighted by atomic mass is 9.83. The second kappa shape index (κ2) is 10.0. The van der Waals surface area contributed by atoms with Gasteiger partial charge in [0.15, 0.2) is 0 Å². The Bertz CT molecular complexity index is 1000. The van der Waals surface area contributed by atoms with Gasteiger partial charge in [-0.2, -0.15) is 13.2 Å². The highest BCUT2D eigenvalue weighted by Crippen LogP contribution is 2.38. The summed E-state index contributed by atoms with van der Waals surface area (Å²) in [5.41, 5.74) is -0.508. The van der Waals surface area contributed by atoms with Gasteiger partial charge in [0, 0.05) is 51.1 Å². The topological polar surface area (TPSA) is 55.9 Å². The van der Waals surface area contributed by atoms with Crippen molar-refractivity contribution in [1.29, 1.82) is 0 Å². The summed E-state index contributed by atoms with van der Waals surface area (Å²) in [6.07, 6.45) is -1.89. The van der Waals surface area contributed by atoms with Crippen molar-refractivity contribution >= 4 is 11.8 Å². The number of benzene rings is 1. The molecule has 1 N–H and O–H groups in total. The van der Waals surface area contributed by atoms with E-state index in [1.807, 2.05) is 7.05 Å². The van der Waals surface area contributed by atoms with E-state index in [0.717, 1.165) is 17.7 Å². The summed E-state index contributed by atoms with van der Waals surface area (Å²) in [5, 5.41) is 3.18. The Morgan fingerprint density at radius 2 is 1.63 bits per heavy atom. The molecule has 1 saturated carbocycles. The minimum absolute atomic E-state index is 0.0293. The first-order chi connectivity index (χ1) is 17.8. The van der Waals surface area contributed by atoms with Crippen LogP contribution in [0.1, 0.15) is 62.5 Å². The van der Waals surface area contributed by atoms with Crippen LogP contribution < -0.4 is 5.32 Å². The maximum absolute atomic E-state index is 13.6. The number of carbonyl (C=O) groups excluding carboxylic acids is 2. The molecule has 6 nitrogen and oxygen atoms in total. The molecule has 2 amide bonds. The van der Waals surface area contributed by atoms with Crippen LogP contribution in [0, 0.1) is 0 Å². The minimum Gasteiger partial charge on any atom is -0.348 e. The summed E-state index contributed by atoms with van der Waals surface area (Å²) in [7, 11) is 1.92. The van der Waals surface area contributed by atoms with Crippen molar-refractivity contribution < 1.29 is 31.5 Å². The van der Waals surface area contributed by atoms with Gasteiger partial charge in [-0.3, -0.25) is 19.4 Å². The van der Waals surface area contributed by atoms with E-state index in [1.165, 1.54) is 12.1 Å². The molecule has 2 atom stereocenters. The molecule has 1 aromatic carbocycles. The molecule has 1 aromatic rings. The van der Waals surface area contributed by atoms with Crippen molar-refractivity contribution in [2.45, 2.75) is 93.7 Å². The van der Waals surface area contributed by atoms with E-state index >= 15 is 0 Å². The number of carbonyl (C=O) groups is 2. The molecule has 11 heteroatoms. The number of hydrogen-bond acceptors (Lipinski definition) is 4. The van der Waals surface area contributed by atoms with E-state index in [4.69, 9.17) is 0 Å². The van der Waals surface area contributed by atoms with Gasteiger partial charge in [-0.25, -0.2) is 8.78 Å². The molecule has 0 radical (unpaired) electrons. The lowest BCUT2D eigenvalue weighted by Crippen LogP contribution is -2.56. The van der Waals surface area contributed by atoms with Crippen LogP contribution in [0.3, 0.4) is 0 Å². The molecular weight excluding hydrogens is 507 g/mol. The number of hydrogen-bond donors (Lipinski definition) is 1. The zero-order valence-electron chi connectivity index (χ0n) is 21.6. The van der Waals surface area contributed by atoms with Crippen molar-refractivity contribution in [1.82, 2.24) is 20.0 Å². The van der Waals surface area contributed by atoms with Crippen molar-refractivity contribution in [2.75, 3.05) is 26.7 Å². The zero-order valence-corrected chi connectivity index (χ0v) is 21.6. The van der Waals surface area contributed by atoms with Crippen molar-refractivity contribution in [2.24, 2.45) is 0 Å². The fourth-order valence-electron chi connectivity index (χ4n) is 6.64. The summed E-state index contributed by atoms with van der Waals surface area (Å²) in [6.45, 7) is 2.18. The highest BCUT2D eigenvalue weighted by atomic mass is 19.4. The van der Waals surface area contributed by atoms with Crippen LogP contribution in [-0.4, -0.2) is 82.8 Å². The maximum atomic E-state index is 13.6. The highest BCUT2D eigenvalue weighted by Gasteiger charge is 2.50. The quantitative estimate of drug-likeness (QED) is 0.584. The number of nitrogens with zero attached hydrogens (tertiary/aromatic N) is 3. The summed E-state index contributed by atoms with van der Waals surface area (Å²) >= 11 is 0. The molecule has 1 aliphatic carbocycles. The molecule has 5 rings (SSSR count). The van der Waals surface area contributed by atoms with Gasteiger partial charge in [-0.05, 0) is 56.8 Å². The maximum Gasteiger partial charge on any atom is 0.416 e. The van der Waals surface area contributed by atoms with Gasteiger partial charge in [0.1, 0.15) is 6.04 Å². The minimum atomic E-state index is -4.36. The largest absolute Gasteiger partial charge is 0.416 e. The molecule has 38 heavy (non-hydrogen) atoms. The molecule has 210 valence electrons. The molecule has 4 aliphatic rings. The van der Waals surface area contributed by atoms with Crippen LogP contribution in [0.25, 0.3) is 0 Å². The van der Waals surface area contributed by atoms with E-state index in [9.17, 15) is 31.5 Å². The fourth-order valence-corrected chi connectivity index (χ4v) is 6.64. The molecule has 0 bridgehead atoms. The number of rotatable bonds is 4. The highest BCUT2D eigenvalue weighted by molar-refractivity contribution is 5.92. The van der Waals surface area contributed by atoms with Gasteiger partial charge in [-0.1, -0.05) is 12.1 Å². The van der Waals surface area contributed by atoms with Gasteiger partial charge in [0.05, 0.1) is 17.5 Å². The third-order valence-corrected chi connectivity index (χ3v) is 9.12. The first-order valence-corrected chi connectivity index (χ1v) is 13.4. The predicted molar refractivity (Wildman–Crippen MR) is 130 cm³/mol. The van der Waals surface area contributed by atoms with Gasteiger partial charge in [0.2, 0.25) is 17.7 Å². The standard InChI is InChI=1S/C27H35F5N4O2/c1-34(20-6-8-26(28,29)9-7-20)21-14-22-24(38)33-25(15-23(37)36(22)17-21)10-12-35(13-11-25)16-18-2-4-19(5-3-18)27(30,31)32/h2-5,20-22H,6-17H2,1H3,(H,33,38)/t21-,22-/m0/s1. The molecular formula is C27H35F5N4O2. The number of halogens is 5. The number of likely N-dealkylation sites (tertiary alicyclic amines) is 1. The lowest BCUT2D eigenvalue weighted by molar-refractivity contribution is -0.137. The van der Waals surface area contributed by atoms with Crippen LogP contribution in [0.15, 0.2) is 24.3 Å². The number of likely N-dealkylation sites (N-methyl/N-ethyl adjacent to an activating group) is 1. The van der Waals surface area contributed by atoms with Crippen molar-refractivity contribution in [3.63, 3.8) is 0 Å². The molecule has 1 spiro atoms. The van der Waals surface area contributed by atoms with Crippen molar-refractivity contribution in [3.05, 3.63) is 35.4 Å². The smallest absolute Gasteiger partial charge is 0.348 e. The Morgan fingerprint density at radius 1 is 1.00 bits per heavy atom. The number of piperidine rings is 1. The van der Waals surface area contributed by atoms with E-state index < -0.39 is 29.2 Å². The van der Waals surface area contributed by atoms with Crippen LogP contribution in [0.5, 0.6) is 0 Å². The first-order valence-electron chi connectivity index (χ1n) is 13.4. The van der Waals surface area contributed by atoms with Gasteiger partial charge in [0.25, 0.3) is 0 Å². The van der Waals surface area contributed by atoms with Crippen LogP contribution in [0.2, 0.25) is 0 Å². The van der Waals surface area contributed by atoms with E-state index in [-0.39, 0.29) is 43.2 Å². The number of nitrogens with one attached hydrogen (secondary N) is 1. The van der Waals surface area contributed by atoms with Crippen LogP contribution >= 0.6 is 0 Å². The van der Waals surface area contributed by atoms with Gasteiger partial charge >= 0.3 is 6.18 Å². The number of fused-ring (bicyclic) bond motifs is 1. The molecule has 3 heterocycles. The lowest BCUT2D eigenvalue weighted by Gasteiger charge is -2.41. The predicted octanol–water partition coefficient (Wildman–Crippen LogP) is 4.04. The molecule has 3 saturated heterocycles. The van der Waals surface area contributed by atoms with Crippen LogP contribution in [-0.2, 0) is 22.3 Å². The Balaban J connectivity index is 1.16. The van der Waals surface area contributed by atoms with E-state index in [0.29, 0.717) is 58.3 Å². The number of alkyl halides is 5. The second-order valence-corrected chi connectivity index (χ2v) is 11.6. The first kappa shape index (κ1) is 27.3. The van der Waals surface area contributed by atoms with Crippen molar-refractivity contribution in [3.8, 4) is 0 Å². The molecule has 0 unspecified atom stereocenters. The van der Waals surface area contributed by atoms with Crippen LogP contribution in [0.4, 0.5) is 22.0 Å². The average Bonchev–Trinajstić information content (AvgIpc) is 3.28. The summed E-state index contributed by atoms with van der Waals surface area (Å²) in [6, 6.07) is 4.60.